The fraction of sp³-hybridized carbons (Fsp3) is 0.593. The minimum Gasteiger partial charge on any atom is -0.387 e. The summed E-state index contributed by atoms with van der Waals surface area (Å²) in [5.41, 5.74) is 0.133. The number of rotatable bonds is 7. The van der Waals surface area contributed by atoms with Gasteiger partial charge in [-0.2, -0.15) is 13.2 Å². The van der Waals surface area contributed by atoms with Crippen molar-refractivity contribution < 1.29 is 27.5 Å². The van der Waals surface area contributed by atoms with E-state index in [1.165, 1.54) is 12.4 Å². The van der Waals surface area contributed by atoms with Gasteiger partial charge in [-0.05, 0) is 50.3 Å². The Hall–Kier alpha value is -2.79. The Balaban J connectivity index is 1.53. The summed E-state index contributed by atoms with van der Waals surface area (Å²) in [6.45, 7) is 9.89. The molecule has 2 heterocycles. The molecule has 38 heavy (non-hydrogen) atoms. The molecule has 1 aliphatic heterocycles. The number of carbonyl (C=O) groups excluding carboxylic acids is 1. The molecule has 11 heteroatoms. The molecule has 0 spiro atoms. The van der Waals surface area contributed by atoms with Gasteiger partial charge in [-0.3, -0.25) is 4.79 Å². The van der Waals surface area contributed by atoms with Crippen LogP contribution >= 0.6 is 0 Å². The van der Waals surface area contributed by atoms with Crippen molar-refractivity contribution >= 4 is 11.7 Å². The van der Waals surface area contributed by atoms with Crippen LogP contribution < -0.4 is 10.2 Å². The minimum atomic E-state index is -4.81. The number of nitrogens with zero attached hydrogens (tertiary/aromatic N) is 4. The Morgan fingerprint density at radius 3 is 2.47 bits per heavy atom. The second-order valence-electron chi connectivity index (χ2n) is 10.9. The van der Waals surface area contributed by atoms with Crippen molar-refractivity contribution in [2.45, 2.75) is 70.2 Å². The topological polar surface area (TPSA) is 81.6 Å². The molecule has 4 rings (SSSR count). The van der Waals surface area contributed by atoms with E-state index in [1.54, 1.807) is 4.90 Å². The SMILES string of the molecule is CCC(C)(C)NC[C@@H](C(=O)N1CCN(c2ncnc3c2[C@H](C)C[C@H]3O)CC1)c1ccc(C(F)(F)F)c(F)c1. The van der Waals surface area contributed by atoms with E-state index in [-0.39, 0.29) is 29.5 Å². The van der Waals surface area contributed by atoms with Gasteiger partial charge in [0.1, 0.15) is 18.0 Å². The molecule has 0 radical (unpaired) electrons. The molecule has 1 aromatic heterocycles. The maximum absolute atomic E-state index is 14.5. The van der Waals surface area contributed by atoms with E-state index in [1.807, 2.05) is 27.7 Å². The molecule has 0 bridgehead atoms. The molecule has 208 valence electrons. The number of hydrogen-bond donors (Lipinski definition) is 2. The summed E-state index contributed by atoms with van der Waals surface area (Å²) in [7, 11) is 0. The summed E-state index contributed by atoms with van der Waals surface area (Å²) in [5, 5.41) is 13.6. The Kier molecular flexibility index (Phi) is 7.99. The quantitative estimate of drug-likeness (QED) is 0.510. The molecular weight excluding hydrogens is 502 g/mol. The number of hydrogen-bond acceptors (Lipinski definition) is 6. The monoisotopic (exact) mass is 537 g/mol. The summed E-state index contributed by atoms with van der Waals surface area (Å²) in [5.74, 6) is -1.62. The Morgan fingerprint density at radius 1 is 1.18 bits per heavy atom. The Labute approximate surface area is 220 Å². The number of nitrogens with one attached hydrogen (secondary N) is 1. The van der Waals surface area contributed by atoms with Crippen LogP contribution in [-0.2, 0) is 11.0 Å². The lowest BCUT2D eigenvalue weighted by molar-refractivity contribution is -0.140. The van der Waals surface area contributed by atoms with E-state index in [0.29, 0.717) is 44.4 Å². The van der Waals surface area contributed by atoms with Crippen molar-refractivity contribution in [3.05, 3.63) is 52.7 Å². The Morgan fingerprint density at radius 2 is 1.87 bits per heavy atom. The van der Waals surface area contributed by atoms with E-state index >= 15 is 0 Å². The van der Waals surface area contributed by atoms with Crippen molar-refractivity contribution in [1.82, 2.24) is 20.2 Å². The highest BCUT2D eigenvalue weighted by Gasteiger charge is 2.37. The number of piperazine rings is 1. The maximum Gasteiger partial charge on any atom is 0.419 e. The van der Waals surface area contributed by atoms with Gasteiger partial charge in [-0.1, -0.05) is 19.9 Å². The second kappa shape index (κ2) is 10.8. The molecule has 3 atom stereocenters. The lowest BCUT2D eigenvalue weighted by Crippen LogP contribution is -2.52. The van der Waals surface area contributed by atoms with Crippen LogP contribution in [0.2, 0.25) is 0 Å². The molecule has 1 fully saturated rings. The minimum absolute atomic E-state index is 0.114. The first-order valence-corrected chi connectivity index (χ1v) is 13.0. The van der Waals surface area contributed by atoms with Crippen LogP contribution in [0.1, 0.15) is 80.9 Å². The second-order valence-corrected chi connectivity index (χ2v) is 10.9. The average molecular weight is 538 g/mol. The van der Waals surface area contributed by atoms with Gasteiger partial charge >= 0.3 is 6.18 Å². The van der Waals surface area contributed by atoms with Crippen molar-refractivity contribution in [1.29, 1.82) is 0 Å². The van der Waals surface area contributed by atoms with Gasteiger partial charge in [0.15, 0.2) is 0 Å². The highest BCUT2D eigenvalue weighted by Crippen LogP contribution is 2.43. The number of amides is 1. The van der Waals surface area contributed by atoms with Crippen molar-refractivity contribution in [2.24, 2.45) is 0 Å². The van der Waals surface area contributed by atoms with Crippen LogP contribution in [0.3, 0.4) is 0 Å². The van der Waals surface area contributed by atoms with Gasteiger partial charge in [0, 0.05) is 43.8 Å². The average Bonchev–Trinajstić information content (AvgIpc) is 3.16. The first-order chi connectivity index (χ1) is 17.8. The van der Waals surface area contributed by atoms with Gasteiger partial charge in [0.2, 0.25) is 5.91 Å². The summed E-state index contributed by atoms with van der Waals surface area (Å²) in [4.78, 5) is 26.2. The molecule has 2 aromatic rings. The van der Waals surface area contributed by atoms with Gasteiger partial charge in [0.25, 0.3) is 0 Å². The highest BCUT2D eigenvalue weighted by molar-refractivity contribution is 5.84. The summed E-state index contributed by atoms with van der Waals surface area (Å²) in [6.07, 6.45) is -2.62. The van der Waals surface area contributed by atoms with Gasteiger partial charge in [-0.15, -0.1) is 0 Å². The zero-order chi connectivity index (χ0) is 27.8. The van der Waals surface area contributed by atoms with Crippen LogP contribution in [0.5, 0.6) is 0 Å². The van der Waals surface area contributed by atoms with E-state index in [0.717, 1.165) is 23.9 Å². The number of halogens is 4. The lowest BCUT2D eigenvalue weighted by atomic mass is 9.93. The Bertz CT molecular complexity index is 1160. The number of carbonyl (C=O) groups is 1. The highest BCUT2D eigenvalue weighted by atomic mass is 19.4. The van der Waals surface area contributed by atoms with Crippen LogP contribution in [0, 0.1) is 5.82 Å². The third-order valence-electron chi connectivity index (χ3n) is 7.84. The van der Waals surface area contributed by atoms with Crippen molar-refractivity contribution in [2.75, 3.05) is 37.6 Å². The number of aromatic nitrogens is 2. The van der Waals surface area contributed by atoms with Crippen LogP contribution in [-0.4, -0.2) is 64.1 Å². The fourth-order valence-electron chi connectivity index (χ4n) is 5.14. The van der Waals surface area contributed by atoms with E-state index in [4.69, 9.17) is 0 Å². The number of aliphatic hydroxyl groups excluding tert-OH is 1. The smallest absolute Gasteiger partial charge is 0.387 e. The van der Waals surface area contributed by atoms with E-state index in [9.17, 15) is 27.5 Å². The molecule has 0 unspecified atom stereocenters. The van der Waals surface area contributed by atoms with Gasteiger partial charge in [-0.25, -0.2) is 14.4 Å². The lowest BCUT2D eigenvalue weighted by Gasteiger charge is -2.38. The number of aliphatic hydroxyl groups is 1. The molecule has 1 amide bonds. The zero-order valence-electron chi connectivity index (χ0n) is 22.1. The predicted molar refractivity (Wildman–Crippen MR) is 135 cm³/mol. The molecule has 2 aliphatic rings. The molecule has 1 aromatic carbocycles. The summed E-state index contributed by atoms with van der Waals surface area (Å²) >= 11 is 0. The van der Waals surface area contributed by atoms with Crippen molar-refractivity contribution in [3.63, 3.8) is 0 Å². The molecule has 1 aliphatic carbocycles. The first kappa shape index (κ1) is 28.2. The molecule has 0 saturated carbocycles. The van der Waals surface area contributed by atoms with Crippen LogP contribution in [0.25, 0.3) is 0 Å². The van der Waals surface area contributed by atoms with Gasteiger partial charge < -0.3 is 20.2 Å². The van der Waals surface area contributed by atoms with Gasteiger partial charge in [0.05, 0.1) is 23.3 Å². The van der Waals surface area contributed by atoms with Crippen molar-refractivity contribution in [3.8, 4) is 0 Å². The summed E-state index contributed by atoms with van der Waals surface area (Å²) in [6, 6.07) is 2.74. The van der Waals surface area contributed by atoms with E-state index < -0.39 is 29.6 Å². The predicted octanol–water partition coefficient (Wildman–Crippen LogP) is 4.39. The number of anilines is 1. The third-order valence-corrected chi connectivity index (χ3v) is 7.84. The number of alkyl halides is 3. The molecular formula is C27H35F4N5O2. The first-order valence-electron chi connectivity index (χ1n) is 13.0. The molecule has 1 saturated heterocycles. The third kappa shape index (κ3) is 5.78. The largest absolute Gasteiger partial charge is 0.419 e. The maximum atomic E-state index is 14.5. The molecule has 7 nitrogen and oxygen atoms in total. The summed E-state index contributed by atoms with van der Waals surface area (Å²) < 4.78 is 53.9. The van der Waals surface area contributed by atoms with E-state index in [2.05, 4.69) is 20.2 Å². The van der Waals surface area contributed by atoms with Crippen LogP contribution in [0.4, 0.5) is 23.4 Å². The fourth-order valence-corrected chi connectivity index (χ4v) is 5.14. The zero-order valence-corrected chi connectivity index (χ0v) is 22.1. The van der Waals surface area contributed by atoms with Crippen LogP contribution in [0.15, 0.2) is 24.5 Å². The standard InChI is InChI=1S/C27H35F4N5O2/c1-5-26(3,4)34-14-18(17-6-7-19(20(28)13-17)27(29,30)31)25(38)36-10-8-35(9-11-36)24-22-16(2)12-21(37)23(22)32-15-33-24/h6-7,13,15-16,18,21,34,37H,5,8-12,14H2,1-4H3/t16-,18-,21-/m1/s1. The number of benzene rings is 1. The number of fused-ring (bicyclic) bond motifs is 1. The normalized spacial score (nSPS) is 21.0. The molecule has 2 N–H and O–H groups in total.